The Morgan fingerprint density at radius 1 is 1.11 bits per heavy atom. The second-order valence-corrected chi connectivity index (χ2v) is 7.06. The smallest absolute Gasteiger partial charge is 0.262 e. The molecule has 0 atom stereocenters. The van der Waals surface area contributed by atoms with E-state index in [2.05, 4.69) is 5.32 Å². The van der Waals surface area contributed by atoms with E-state index >= 15 is 0 Å². The zero-order valence-electron chi connectivity index (χ0n) is 14.9. The summed E-state index contributed by atoms with van der Waals surface area (Å²) in [6, 6.07) is 11.3. The summed E-state index contributed by atoms with van der Waals surface area (Å²) in [5.74, 6) is 0.267. The Bertz CT molecular complexity index is 862. The zero-order chi connectivity index (χ0) is 18.8. The first-order chi connectivity index (χ1) is 13.1. The van der Waals surface area contributed by atoms with Gasteiger partial charge >= 0.3 is 0 Å². The molecular formula is C21H21FN2O3. The third kappa shape index (κ3) is 4.27. The van der Waals surface area contributed by atoms with E-state index in [-0.39, 0.29) is 30.2 Å². The lowest BCUT2D eigenvalue weighted by Gasteiger charge is -2.29. The highest BCUT2D eigenvalue weighted by Crippen LogP contribution is 2.33. The summed E-state index contributed by atoms with van der Waals surface area (Å²) in [4.78, 5) is 26.3. The minimum Gasteiger partial charge on any atom is -0.484 e. The molecule has 4 rings (SSSR count). The summed E-state index contributed by atoms with van der Waals surface area (Å²) in [5, 5.41) is 2.81. The number of benzene rings is 2. The maximum Gasteiger partial charge on any atom is 0.262 e. The summed E-state index contributed by atoms with van der Waals surface area (Å²) in [7, 11) is 0. The fourth-order valence-corrected chi connectivity index (χ4v) is 3.29. The van der Waals surface area contributed by atoms with Crippen molar-refractivity contribution >= 4 is 17.5 Å². The predicted molar refractivity (Wildman–Crippen MR) is 98.8 cm³/mol. The van der Waals surface area contributed by atoms with E-state index in [1.807, 2.05) is 23.1 Å². The number of halogens is 1. The number of anilines is 1. The molecule has 5 nitrogen and oxygen atoms in total. The van der Waals surface area contributed by atoms with E-state index in [4.69, 9.17) is 4.74 Å². The van der Waals surface area contributed by atoms with Crippen molar-refractivity contribution in [2.24, 2.45) is 5.92 Å². The molecule has 2 aromatic carbocycles. The molecule has 1 aliphatic carbocycles. The highest BCUT2D eigenvalue weighted by atomic mass is 19.1. The molecule has 1 heterocycles. The largest absolute Gasteiger partial charge is 0.484 e. The number of carbonyl (C=O) groups excluding carboxylic acids is 2. The Labute approximate surface area is 157 Å². The van der Waals surface area contributed by atoms with E-state index in [0.717, 1.165) is 31.4 Å². The Kier molecular flexibility index (Phi) is 4.79. The minimum atomic E-state index is -0.352. The average Bonchev–Trinajstić information content (AvgIpc) is 3.52. The number of hydrogen-bond acceptors (Lipinski definition) is 3. The monoisotopic (exact) mass is 368 g/mol. The van der Waals surface area contributed by atoms with Gasteiger partial charge in [0.1, 0.15) is 11.6 Å². The molecule has 1 aliphatic heterocycles. The van der Waals surface area contributed by atoms with Crippen molar-refractivity contribution in [2.75, 3.05) is 18.5 Å². The Balaban J connectivity index is 1.35. The van der Waals surface area contributed by atoms with Crippen LogP contribution >= 0.6 is 0 Å². The lowest BCUT2D eigenvalue weighted by Crippen LogP contribution is -2.36. The molecule has 0 saturated heterocycles. The molecule has 0 radical (unpaired) electrons. The van der Waals surface area contributed by atoms with Gasteiger partial charge in [-0.05, 0) is 66.8 Å². The number of rotatable bonds is 5. The van der Waals surface area contributed by atoms with E-state index < -0.39 is 0 Å². The summed E-state index contributed by atoms with van der Waals surface area (Å²) >= 11 is 0. The Hall–Kier alpha value is -2.89. The van der Waals surface area contributed by atoms with Gasteiger partial charge < -0.3 is 15.0 Å². The molecule has 1 N–H and O–H groups in total. The topological polar surface area (TPSA) is 58.6 Å². The van der Waals surface area contributed by atoms with Gasteiger partial charge in [0.25, 0.3) is 5.91 Å². The molecular weight excluding hydrogens is 347 g/mol. The lowest BCUT2D eigenvalue weighted by atomic mass is 9.98. The molecule has 2 aliphatic rings. The summed E-state index contributed by atoms with van der Waals surface area (Å²) in [5.41, 5.74) is 2.98. The fraction of sp³-hybridized carbons (Fsp3) is 0.333. The molecule has 0 spiro atoms. The molecule has 27 heavy (non-hydrogen) atoms. The molecule has 1 saturated carbocycles. The van der Waals surface area contributed by atoms with Crippen molar-refractivity contribution in [3.8, 4) is 5.75 Å². The second-order valence-electron chi connectivity index (χ2n) is 7.06. The van der Waals surface area contributed by atoms with Crippen molar-refractivity contribution in [3.05, 3.63) is 59.4 Å². The first-order valence-corrected chi connectivity index (χ1v) is 9.17. The molecule has 1 fully saturated rings. The predicted octanol–water partition coefficient (Wildman–Crippen LogP) is 3.14. The Morgan fingerprint density at radius 3 is 2.63 bits per heavy atom. The molecule has 6 heteroatoms. The van der Waals surface area contributed by atoms with Gasteiger partial charge in [-0.3, -0.25) is 9.59 Å². The van der Waals surface area contributed by atoms with Crippen LogP contribution in [0.5, 0.6) is 5.75 Å². The number of fused-ring (bicyclic) bond motifs is 1. The van der Waals surface area contributed by atoms with Gasteiger partial charge in [0.05, 0.1) is 0 Å². The van der Waals surface area contributed by atoms with Gasteiger partial charge in [-0.15, -0.1) is 0 Å². The van der Waals surface area contributed by atoms with Crippen molar-refractivity contribution in [1.29, 1.82) is 0 Å². The quantitative estimate of drug-likeness (QED) is 0.882. The standard InChI is InChI=1S/C21H21FN2O3/c22-17-4-7-19(8-5-17)27-13-20(25)23-18-6-3-14-9-10-24(12-16(14)11-18)21(26)15-1-2-15/h3-8,11,15H,1-2,9-10,12-13H2,(H,23,25). The van der Waals surface area contributed by atoms with Crippen LogP contribution in [0.1, 0.15) is 24.0 Å². The van der Waals surface area contributed by atoms with Crippen LogP contribution in [-0.4, -0.2) is 29.9 Å². The van der Waals surface area contributed by atoms with E-state index in [1.165, 1.54) is 29.8 Å². The van der Waals surface area contributed by atoms with Crippen molar-refractivity contribution in [3.63, 3.8) is 0 Å². The van der Waals surface area contributed by atoms with Gasteiger partial charge in [-0.25, -0.2) is 4.39 Å². The van der Waals surface area contributed by atoms with Gasteiger partial charge in [0, 0.05) is 24.7 Å². The van der Waals surface area contributed by atoms with Crippen LogP contribution in [0.25, 0.3) is 0 Å². The van der Waals surface area contributed by atoms with Crippen LogP contribution in [0, 0.1) is 11.7 Å². The SMILES string of the molecule is O=C(COc1ccc(F)cc1)Nc1ccc2c(c1)CN(C(=O)C1CC1)CC2. The third-order valence-corrected chi connectivity index (χ3v) is 4.92. The average molecular weight is 368 g/mol. The number of nitrogens with zero attached hydrogens (tertiary/aromatic N) is 1. The van der Waals surface area contributed by atoms with Gasteiger partial charge in [-0.1, -0.05) is 6.07 Å². The van der Waals surface area contributed by atoms with E-state index in [1.54, 1.807) is 0 Å². The summed E-state index contributed by atoms with van der Waals surface area (Å²) in [6.45, 7) is 1.20. The fourth-order valence-electron chi connectivity index (χ4n) is 3.29. The van der Waals surface area contributed by atoms with Crippen LogP contribution in [0.3, 0.4) is 0 Å². The second kappa shape index (κ2) is 7.39. The highest BCUT2D eigenvalue weighted by Gasteiger charge is 2.34. The molecule has 0 unspecified atom stereocenters. The summed E-state index contributed by atoms with van der Waals surface area (Å²) in [6.07, 6.45) is 2.86. The molecule has 2 aromatic rings. The molecule has 2 amide bonds. The lowest BCUT2D eigenvalue weighted by molar-refractivity contribution is -0.133. The zero-order valence-corrected chi connectivity index (χ0v) is 14.9. The third-order valence-electron chi connectivity index (χ3n) is 4.92. The first-order valence-electron chi connectivity index (χ1n) is 9.17. The maximum absolute atomic E-state index is 12.9. The first kappa shape index (κ1) is 17.5. The van der Waals surface area contributed by atoms with Crippen molar-refractivity contribution in [1.82, 2.24) is 4.90 Å². The van der Waals surface area contributed by atoms with E-state index in [9.17, 15) is 14.0 Å². The van der Waals surface area contributed by atoms with Crippen molar-refractivity contribution < 1.29 is 18.7 Å². The number of amides is 2. The van der Waals surface area contributed by atoms with Gasteiger partial charge in [0.15, 0.2) is 6.61 Å². The van der Waals surface area contributed by atoms with Crippen LogP contribution in [0.4, 0.5) is 10.1 Å². The number of carbonyl (C=O) groups is 2. The van der Waals surface area contributed by atoms with Crippen LogP contribution < -0.4 is 10.1 Å². The van der Waals surface area contributed by atoms with Gasteiger partial charge in [-0.2, -0.15) is 0 Å². The molecule has 0 bridgehead atoms. The number of ether oxygens (including phenoxy) is 1. The van der Waals surface area contributed by atoms with Crippen molar-refractivity contribution in [2.45, 2.75) is 25.8 Å². The van der Waals surface area contributed by atoms with Crippen LogP contribution in [0.15, 0.2) is 42.5 Å². The molecule has 0 aromatic heterocycles. The van der Waals surface area contributed by atoms with Crippen LogP contribution in [0.2, 0.25) is 0 Å². The molecule has 140 valence electrons. The number of nitrogens with one attached hydrogen (secondary N) is 1. The minimum absolute atomic E-state index is 0.158. The maximum atomic E-state index is 12.9. The van der Waals surface area contributed by atoms with Gasteiger partial charge in [0.2, 0.25) is 5.91 Å². The highest BCUT2D eigenvalue weighted by molar-refractivity contribution is 5.92. The Morgan fingerprint density at radius 2 is 1.89 bits per heavy atom. The van der Waals surface area contributed by atoms with Crippen LogP contribution in [-0.2, 0) is 22.6 Å². The number of hydrogen-bond donors (Lipinski definition) is 1. The normalized spacial score (nSPS) is 15.8. The van der Waals surface area contributed by atoms with E-state index in [0.29, 0.717) is 18.0 Å². The summed E-state index contributed by atoms with van der Waals surface area (Å²) < 4.78 is 18.2.